The number of ketones is 1. The summed E-state index contributed by atoms with van der Waals surface area (Å²) in [7, 11) is 0. The highest BCUT2D eigenvalue weighted by atomic mass is 35.5. The monoisotopic (exact) mass is 303 g/mol. The quantitative estimate of drug-likeness (QED) is 0.466. The third kappa shape index (κ3) is 1.90. The Morgan fingerprint density at radius 3 is 2.53 bits per heavy atom. The molecule has 1 amide bonds. The van der Waals surface area contributed by atoms with Crippen molar-refractivity contribution in [2.75, 3.05) is 5.32 Å². The first-order valence-electron chi connectivity index (χ1n) is 4.63. The van der Waals surface area contributed by atoms with E-state index in [2.05, 4.69) is 10.5 Å². The lowest BCUT2D eigenvalue weighted by Gasteiger charge is -2.17. The fourth-order valence-electron chi connectivity index (χ4n) is 1.61. The number of carbonyl (C=O) groups is 2. The summed E-state index contributed by atoms with van der Waals surface area (Å²) >= 11 is 11.4. The zero-order valence-corrected chi connectivity index (χ0v) is 10.3. The number of hydrogen-bond donors (Lipinski definition) is 2. The summed E-state index contributed by atoms with van der Waals surface area (Å²) < 4.78 is 0. The fourth-order valence-corrected chi connectivity index (χ4v) is 2.02. The number of halogens is 2. The SMILES string of the molecule is O=C1Nc2cc(Cl)c(Cl)c([N+](=O)[O-])c2C(=O)C1=NO. The van der Waals surface area contributed by atoms with Crippen molar-refractivity contribution in [2.24, 2.45) is 5.16 Å². The summed E-state index contributed by atoms with van der Waals surface area (Å²) in [6.45, 7) is 0. The van der Waals surface area contributed by atoms with Gasteiger partial charge in [0, 0.05) is 0 Å². The number of rotatable bonds is 1. The molecule has 0 radical (unpaired) electrons. The highest BCUT2D eigenvalue weighted by Crippen LogP contribution is 2.41. The molecule has 19 heavy (non-hydrogen) atoms. The van der Waals surface area contributed by atoms with Crippen molar-refractivity contribution in [3.63, 3.8) is 0 Å². The van der Waals surface area contributed by atoms with Gasteiger partial charge in [0.2, 0.25) is 11.5 Å². The number of nitro benzene ring substituents is 1. The van der Waals surface area contributed by atoms with E-state index in [9.17, 15) is 19.7 Å². The summed E-state index contributed by atoms with van der Waals surface area (Å²) in [4.78, 5) is 33.4. The second kappa shape index (κ2) is 4.48. The number of amides is 1. The highest BCUT2D eigenvalue weighted by molar-refractivity contribution is 6.73. The van der Waals surface area contributed by atoms with Gasteiger partial charge in [-0.05, 0) is 6.07 Å². The molecule has 1 aromatic carbocycles. The fraction of sp³-hybridized carbons (Fsp3) is 0. The first-order chi connectivity index (χ1) is 8.88. The van der Waals surface area contributed by atoms with Gasteiger partial charge in [0.15, 0.2) is 0 Å². The number of Topliss-reactive ketones (excluding diaryl/α,β-unsaturated/α-hetero) is 1. The number of hydrogen-bond acceptors (Lipinski definition) is 6. The molecule has 0 bridgehead atoms. The largest absolute Gasteiger partial charge is 0.410 e. The normalized spacial score (nSPS) is 16.2. The standard InChI is InChI=1S/C9H3Cl2N3O5/c10-2-1-3-4(7(5(2)11)14(18)19)8(15)6(13-17)9(16)12-3/h1,17H,(H,12,16). The highest BCUT2D eigenvalue weighted by Gasteiger charge is 2.39. The van der Waals surface area contributed by atoms with Crippen LogP contribution in [0, 0.1) is 10.1 Å². The second-order valence-electron chi connectivity index (χ2n) is 3.43. The van der Waals surface area contributed by atoms with Crippen LogP contribution in [0.15, 0.2) is 11.2 Å². The van der Waals surface area contributed by atoms with Crippen LogP contribution in [0.25, 0.3) is 0 Å². The van der Waals surface area contributed by atoms with Gasteiger partial charge in [0.25, 0.3) is 5.91 Å². The molecular weight excluding hydrogens is 301 g/mol. The predicted molar refractivity (Wildman–Crippen MR) is 65.3 cm³/mol. The smallest absolute Gasteiger partial charge is 0.302 e. The summed E-state index contributed by atoms with van der Waals surface area (Å²) in [5.74, 6) is -2.10. The van der Waals surface area contributed by atoms with Crippen molar-refractivity contribution < 1.29 is 19.7 Å². The summed E-state index contributed by atoms with van der Waals surface area (Å²) in [6, 6.07) is 1.11. The Labute approximate surface area is 114 Å². The molecule has 2 N–H and O–H groups in total. The number of anilines is 1. The number of nitro groups is 1. The van der Waals surface area contributed by atoms with Crippen molar-refractivity contribution >= 4 is 52.0 Å². The maximum atomic E-state index is 11.9. The predicted octanol–water partition coefficient (Wildman–Crippen LogP) is 1.87. The van der Waals surface area contributed by atoms with E-state index in [4.69, 9.17) is 28.4 Å². The van der Waals surface area contributed by atoms with Crippen LogP contribution in [0.2, 0.25) is 10.0 Å². The number of fused-ring (bicyclic) bond motifs is 1. The Hall–Kier alpha value is -2.19. The van der Waals surface area contributed by atoms with Gasteiger partial charge < -0.3 is 10.5 Å². The van der Waals surface area contributed by atoms with Crippen LogP contribution in [-0.4, -0.2) is 27.5 Å². The first kappa shape index (κ1) is 13.2. The summed E-state index contributed by atoms with van der Waals surface area (Å²) in [5.41, 5.74) is -2.26. The van der Waals surface area contributed by atoms with E-state index in [-0.39, 0.29) is 10.7 Å². The number of oxime groups is 1. The molecule has 1 aromatic rings. The molecule has 8 nitrogen and oxygen atoms in total. The number of nitrogens with one attached hydrogen (secondary N) is 1. The van der Waals surface area contributed by atoms with E-state index in [1.165, 1.54) is 0 Å². The van der Waals surface area contributed by atoms with Crippen LogP contribution < -0.4 is 5.32 Å². The minimum Gasteiger partial charge on any atom is -0.410 e. The van der Waals surface area contributed by atoms with Crippen LogP contribution in [0.1, 0.15) is 10.4 Å². The average molecular weight is 304 g/mol. The molecular formula is C9H3Cl2N3O5. The molecule has 1 aliphatic heterocycles. The van der Waals surface area contributed by atoms with Crippen LogP contribution in [0.4, 0.5) is 11.4 Å². The third-order valence-corrected chi connectivity index (χ3v) is 3.16. The van der Waals surface area contributed by atoms with E-state index in [1.54, 1.807) is 0 Å². The Morgan fingerprint density at radius 1 is 1.37 bits per heavy atom. The molecule has 0 spiro atoms. The summed E-state index contributed by atoms with van der Waals surface area (Å²) in [6.07, 6.45) is 0. The van der Waals surface area contributed by atoms with Crippen molar-refractivity contribution in [2.45, 2.75) is 0 Å². The molecule has 10 heteroatoms. The first-order valence-corrected chi connectivity index (χ1v) is 5.38. The molecule has 0 fully saturated rings. The van der Waals surface area contributed by atoms with Gasteiger partial charge in [-0.2, -0.15) is 0 Å². The van der Waals surface area contributed by atoms with Crippen LogP contribution in [0.3, 0.4) is 0 Å². The van der Waals surface area contributed by atoms with Crippen molar-refractivity contribution in [1.82, 2.24) is 0 Å². The van der Waals surface area contributed by atoms with Gasteiger partial charge in [0.1, 0.15) is 10.6 Å². The van der Waals surface area contributed by atoms with E-state index in [1.807, 2.05) is 0 Å². The van der Waals surface area contributed by atoms with Gasteiger partial charge in [-0.15, -0.1) is 0 Å². The number of benzene rings is 1. The zero-order chi connectivity index (χ0) is 14.3. The van der Waals surface area contributed by atoms with Gasteiger partial charge >= 0.3 is 5.69 Å². The van der Waals surface area contributed by atoms with E-state index >= 15 is 0 Å². The second-order valence-corrected chi connectivity index (χ2v) is 4.22. The molecule has 98 valence electrons. The Bertz CT molecular complexity index is 670. The van der Waals surface area contributed by atoms with Crippen LogP contribution in [-0.2, 0) is 4.79 Å². The molecule has 0 saturated heterocycles. The average Bonchev–Trinajstić information content (AvgIpc) is 2.32. The lowest BCUT2D eigenvalue weighted by atomic mass is 9.98. The number of nitrogens with zero attached hydrogens (tertiary/aromatic N) is 2. The van der Waals surface area contributed by atoms with Gasteiger partial charge in [-0.3, -0.25) is 19.7 Å². The maximum Gasteiger partial charge on any atom is 0.302 e. The maximum absolute atomic E-state index is 11.9. The minimum absolute atomic E-state index is 0.163. The van der Waals surface area contributed by atoms with Crippen LogP contribution >= 0.6 is 23.2 Å². The molecule has 0 saturated carbocycles. The van der Waals surface area contributed by atoms with Crippen LogP contribution in [0.5, 0.6) is 0 Å². The Morgan fingerprint density at radius 2 is 2.00 bits per heavy atom. The van der Waals surface area contributed by atoms with Gasteiger partial charge in [0.05, 0.1) is 15.6 Å². The van der Waals surface area contributed by atoms with E-state index in [0.717, 1.165) is 6.07 Å². The molecule has 0 aromatic heterocycles. The molecule has 1 heterocycles. The zero-order valence-electron chi connectivity index (χ0n) is 8.81. The van der Waals surface area contributed by atoms with E-state index in [0.29, 0.717) is 0 Å². The molecule has 2 rings (SSSR count). The molecule has 0 unspecified atom stereocenters. The lowest BCUT2D eigenvalue weighted by Crippen LogP contribution is -2.36. The van der Waals surface area contributed by atoms with Crippen molar-refractivity contribution in [3.05, 3.63) is 31.8 Å². The third-order valence-electron chi connectivity index (χ3n) is 2.38. The van der Waals surface area contributed by atoms with Crippen molar-refractivity contribution in [3.8, 4) is 0 Å². The molecule has 0 aliphatic carbocycles. The van der Waals surface area contributed by atoms with Gasteiger partial charge in [-0.25, -0.2) is 0 Å². The topological polar surface area (TPSA) is 122 Å². The Kier molecular flexibility index (Phi) is 3.13. The lowest BCUT2D eigenvalue weighted by molar-refractivity contribution is -0.384. The molecule has 1 aliphatic rings. The molecule has 0 atom stereocenters. The van der Waals surface area contributed by atoms with Gasteiger partial charge in [-0.1, -0.05) is 28.4 Å². The summed E-state index contributed by atoms with van der Waals surface area (Å²) in [5, 5.41) is 23.6. The Balaban J connectivity index is 2.84. The van der Waals surface area contributed by atoms with Crippen molar-refractivity contribution in [1.29, 1.82) is 0 Å². The number of carbonyl (C=O) groups excluding carboxylic acids is 2. The minimum atomic E-state index is -1.11. The van der Waals surface area contributed by atoms with E-state index < -0.39 is 38.6 Å².